The minimum absolute atomic E-state index is 0.104. The number of rotatable bonds is 10. The average Bonchev–Trinajstić information content (AvgIpc) is 3.08. The number of azide groups is 1. The Kier molecular flexibility index (Phi) is 8.45. The number of methoxy groups -OCH3 is 1. The zero-order chi connectivity index (χ0) is 20.4. The minimum Gasteiger partial charge on any atom is -0.497 e. The van der Waals surface area contributed by atoms with Crippen LogP contribution in [0.25, 0.3) is 16.5 Å². The molecule has 0 bridgehead atoms. The lowest BCUT2D eigenvalue weighted by Gasteiger charge is -2.11. The van der Waals surface area contributed by atoms with Crippen molar-refractivity contribution in [2.24, 2.45) is 5.11 Å². The Morgan fingerprint density at radius 3 is 2.71 bits per heavy atom. The molecule has 1 heterocycles. The van der Waals surface area contributed by atoms with E-state index < -0.39 is 5.97 Å². The summed E-state index contributed by atoms with van der Waals surface area (Å²) >= 11 is 1.63. The van der Waals surface area contributed by atoms with E-state index in [-0.39, 0.29) is 12.3 Å². The lowest BCUT2D eigenvalue weighted by Crippen LogP contribution is -2.08. The molecular formula is C19H23N5O3S. The molecule has 0 atom stereocenters. The normalized spacial score (nSPS) is 11.0. The van der Waals surface area contributed by atoms with Gasteiger partial charge in [0, 0.05) is 10.7 Å². The van der Waals surface area contributed by atoms with Crippen molar-refractivity contribution in [2.45, 2.75) is 32.0 Å². The maximum Gasteiger partial charge on any atom is 0.340 e. The number of hydrogen-bond donors (Lipinski definition) is 0. The number of imidazole rings is 1. The number of nitrogens with zero attached hydrogens (tertiary/aromatic N) is 5. The van der Waals surface area contributed by atoms with Gasteiger partial charge >= 0.3 is 5.97 Å². The van der Waals surface area contributed by atoms with E-state index in [1.54, 1.807) is 32.0 Å². The molecule has 0 aliphatic heterocycles. The van der Waals surface area contributed by atoms with Gasteiger partial charge in [-0.1, -0.05) is 35.9 Å². The summed E-state index contributed by atoms with van der Waals surface area (Å²) in [4.78, 5) is 19.3. The summed E-state index contributed by atoms with van der Waals surface area (Å²) in [6.07, 6.45) is 4.18. The quantitative estimate of drug-likeness (QED) is 0.144. The first kappa shape index (κ1) is 21.4. The average molecular weight is 401 g/mol. The molecule has 2 rings (SSSR count). The molecule has 0 N–H and O–H groups in total. The van der Waals surface area contributed by atoms with Crippen molar-refractivity contribution in [2.75, 3.05) is 19.5 Å². The first-order chi connectivity index (χ1) is 13.6. The SMILES string of the molecule is CCCSc1ncc(/C=C(/N=[N+]=[N-])C(=O)OCC)n1Cc1ccc(OC)cc1. The van der Waals surface area contributed by atoms with Gasteiger partial charge in [-0.2, -0.15) is 0 Å². The molecule has 0 spiro atoms. The predicted molar refractivity (Wildman–Crippen MR) is 109 cm³/mol. The molecule has 1 aromatic heterocycles. The van der Waals surface area contributed by atoms with E-state index in [1.165, 1.54) is 6.08 Å². The molecule has 1 aromatic carbocycles. The van der Waals surface area contributed by atoms with Crippen LogP contribution in [0.1, 0.15) is 31.5 Å². The molecule has 0 saturated heterocycles. The molecule has 0 aliphatic carbocycles. The fourth-order valence-electron chi connectivity index (χ4n) is 2.39. The summed E-state index contributed by atoms with van der Waals surface area (Å²) in [6, 6.07) is 7.73. The highest BCUT2D eigenvalue weighted by Crippen LogP contribution is 2.23. The number of benzene rings is 1. The summed E-state index contributed by atoms with van der Waals surface area (Å²) in [5.41, 5.74) is 10.4. The van der Waals surface area contributed by atoms with Crippen LogP contribution in [0.3, 0.4) is 0 Å². The van der Waals surface area contributed by atoms with E-state index in [4.69, 9.17) is 15.0 Å². The molecule has 0 radical (unpaired) electrons. The van der Waals surface area contributed by atoms with Gasteiger partial charge in [-0.05, 0) is 42.6 Å². The lowest BCUT2D eigenvalue weighted by molar-refractivity contribution is -0.138. The molecular weight excluding hydrogens is 378 g/mol. The topological polar surface area (TPSA) is 102 Å². The maximum absolute atomic E-state index is 12.1. The molecule has 9 heteroatoms. The maximum atomic E-state index is 12.1. The molecule has 148 valence electrons. The van der Waals surface area contributed by atoms with Gasteiger partial charge in [0.05, 0.1) is 32.2 Å². The van der Waals surface area contributed by atoms with Gasteiger partial charge < -0.3 is 14.0 Å². The number of carbonyl (C=O) groups excluding carboxylic acids is 1. The minimum atomic E-state index is -0.666. The molecule has 0 aliphatic rings. The smallest absolute Gasteiger partial charge is 0.340 e. The second-order valence-electron chi connectivity index (χ2n) is 5.69. The number of ether oxygens (including phenoxy) is 2. The number of carbonyl (C=O) groups is 1. The highest BCUT2D eigenvalue weighted by atomic mass is 32.2. The third-order valence-electron chi connectivity index (χ3n) is 3.71. The van der Waals surface area contributed by atoms with E-state index in [2.05, 4.69) is 21.9 Å². The Morgan fingerprint density at radius 1 is 1.36 bits per heavy atom. The number of thioether (sulfide) groups is 1. The van der Waals surface area contributed by atoms with Crippen LogP contribution in [0.5, 0.6) is 5.75 Å². The van der Waals surface area contributed by atoms with Crippen LogP contribution in [0, 0.1) is 0 Å². The summed E-state index contributed by atoms with van der Waals surface area (Å²) in [7, 11) is 1.62. The van der Waals surface area contributed by atoms with Crippen LogP contribution in [-0.2, 0) is 16.1 Å². The van der Waals surface area contributed by atoms with Crippen molar-refractivity contribution in [3.63, 3.8) is 0 Å². The zero-order valence-electron chi connectivity index (χ0n) is 16.2. The van der Waals surface area contributed by atoms with Crippen molar-refractivity contribution in [1.29, 1.82) is 0 Å². The van der Waals surface area contributed by atoms with Crippen LogP contribution in [-0.4, -0.2) is 35.0 Å². The molecule has 0 unspecified atom stereocenters. The van der Waals surface area contributed by atoms with Crippen LogP contribution in [0.15, 0.2) is 46.4 Å². The predicted octanol–water partition coefficient (Wildman–Crippen LogP) is 4.66. The molecule has 2 aromatic rings. The van der Waals surface area contributed by atoms with Crippen molar-refractivity contribution in [1.82, 2.24) is 9.55 Å². The van der Waals surface area contributed by atoms with Crippen LogP contribution < -0.4 is 4.74 Å². The number of aromatic nitrogens is 2. The van der Waals surface area contributed by atoms with Crippen molar-refractivity contribution in [3.8, 4) is 5.75 Å². The van der Waals surface area contributed by atoms with Gasteiger partial charge in [0.25, 0.3) is 0 Å². The molecule has 0 saturated carbocycles. The second-order valence-corrected chi connectivity index (χ2v) is 6.75. The van der Waals surface area contributed by atoms with Gasteiger partial charge in [-0.25, -0.2) is 9.78 Å². The zero-order valence-corrected chi connectivity index (χ0v) is 17.0. The highest BCUT2D eigenvalue weighted by molar-refractivity contribution is 7.99. The third-order valence-corrected chi connectivity index (χ3v) is 4.90. The van der Waals surface area contributed by atoms with E-state index >= 15 is 0 Å². The number of esters is 1. The van der Waals surface area contributed by atoms with Crippen molar-refractivity contribution >= 4 is 23.8 Å². The summed E-state index contributed by atoms with van der Waals surface area (Å²) in [5.74, 6) is 1.03. The third kappa shape index (κ3) is 5.80. The van der Waals surface area contributed by atoms with E-state index in [0.717, 1.165) is 28.6 Å². The molecule has 0 fully saturated rings. The standard InChI is InChI=1S/C19H23N5O3S/c1-4-10-28-19-21-12-15(11-17(22-23-20)18(25)27-5-2)24(19)13-14-6-8-16(26-3)9-7-14/h6-9,11-12H,4-5,10,13H2,1-3H3/b17-11+. The highest BCUT2D eigenvalue weighted by Gasteiger charge is 2.14. The van der Waals surface area contributed by atoms with Crippen LogP contribution in [0.4, 0.5) is 0 Å². The Balaban J connectivity index is 2.42. The fourth-order valence-corrected chi connectivity index (χ4v) is 3.23. The van der Waals surface area contributed by atoms with Gasteiger partial charge in [0.2, 0.25) is 0 Å². The molecule has 28 heavy (non-hydrogen) atoms. The summed E-state index contributed by atoms with van der Waals surface area (Å²) < 4.78 is 12.1. The van der Waals surface area contributed by atoms with Gasteiger partial charge in [-0.15, -0.1) is 0 Å². The summed E-state index contributed by atoms with van der Waals surface area (Å²) in [5, 5.41) is 4.31. The molecule has 0 amide bonds. The Bertz CT molecular complexity index is 870. The van der Waals surface area contributed by atoms with Crippen LogP contribution in [0.2, 0.25) is 0 Å². The van der Waals surface area contributed by atoms with E-state index in [9.17, 15) is 4.79 Å². The molecule has 8 nitrogen and oxygen atoms in total. The first-order valence-corrected chi connectivity index (χ1v) is 9.86. The number of hydrogen-bond acceptors (Lipinski definition) is 6. The second kappa shape index (κ2) is 11.1. The monoisotopic (exact) mass is 401 g/mol. The van der Waals surface area contributed by atoms with Crippen molar-refractivity contribution < 1.29 is 14.3 Å². The van der Waals surface area contributed by atoms with Gasteiger partial charge in [-0.3, -0.25) is 0 Å². The van der Waals surface area contributed by atoms with E-state index in [0.29, 0.717) is 12.2 Å². The summed E-state index contributed by atoms with van der Waals surface area (Å²) in [6.45, 7) is 4.54. The Hall–Kier alpha value is -2.90. The van der Waals surface area contributed by atoms with E-state index in [1.807, 2.05) is 28.8 Å². The first-order valence-electron chi connectivity index (χ1n) is 8.88. The van der Waals surface area contributed by atoms with Crippen molar-refractivity contribution in [3.05, 3.63) is 57.9 Å². The Morgan fingerprint density at radius 2 is 2.11 bits per heavy atom. The largest absolute Gasteiger partial charge is 0.497 e. The Labute approximate surface area is 168 Å². The van der Waals surface area contributed by atoms with Gasteiger partial charge in [0.1, 0.15) is 11.4 Å². The van der Waals surface area contributed by atoms with Gasteiger partial charge in [0.15, 0.2) is 5.16 Å². The lowest BCUT2D eigenvalue weighted by atomic mass is 10.2. The van der Waals surface area contributed by atoms with Crippen LogP contribution >= 0.6 is 11.8 Å². The fraction of sp³-hybridized carbons (Fsp3) is 0.368.